The van der Waals surface area contributed by atoms with Crippen LogP contribution in [0.1, 0.15) is 13.3 Å². The second-order valence-corrected chi connectivity index (χ2v) is 1.39. The minimum atomic E-state index is 0.383. The van der Waals surface area contributed by atoms with Crippen LogP contribution in [-0.4, -0.2) is 13.6 Å². The first-order valence-electron chi connectivity index (χ1n) is 2.67. The molecule has 52 valence electrons. The average Bonchev–Trinajstić information content (AvgIpc) is 1.88. The molecule has 0 heterocycles. The van der Waals surface area contributed by atoms with Gasteiger partial charge in [0.05, 0.1) is 7.11 Å². The van der Waals surface area contributed by atoms with Crippen molar-refractivity contribution in [3.8, 4) is 0 Å². The largest absolute Gasteiger partial charge is 0.501 e. The lowest BCUT2D eigenvalue weighted by Crippen LogP contribution is -1.87. The van der Waals surface area contributed by atoms with Crippen molar-refractivity contribution in [2.24, 2.45) is 0 Å². The Hall–Kier alpha value is -0.990. The molecule has 0 fully saturated rings. The summed E-state index contributed by atoms with van der Waals surface area (Å²) in [6.07, 6.45) is 2.06. The highest BCUT2D eigenvalue weighted by Crippen LogP contribution is 1.99. The van der Waals surface area contributed by atoms with Gasteiger partial charge in [-0.1, -0.05) is 6.92 Å². The fourth-order valence-electron chi connectivity index (χ4n) is 0.388. The van der Waals surface area contributed by atoms with Crippen LogP contribution >= 0.6 is 0 Å². The second-order valence-electron chi connectivity index (χ2n) is 1.39. The number of allylic oxidation sites excluding steroid dienone is 1. The summed E-state index contributed by atoms with van der Waals surface area (Å²) in [6.45, 7) is 2.25. The lowest BCUT2D eigenvalue weighted by atomic mass is 10.4. The van der Waals surface area contributed by atoms with Crippen molar-refractivity contribution in [3.05, 3.63) is 12.0 Å². The van der Waals surface area contributed by atoms with Crippen molar-refractivity contribution in [1.82, 2.24) is 0 Å². The van der Waals surface area contributed by atoms with Crippen LogP contribution in [0.15, 0.2) is 12.0 Å². The number of methoxy groups -OCH3 is 1. The fourth-order valence-corrected chi connectivity index (χ4v) is 0.388. The van der Waals surface area contributed by atoms with Gasteiger partial charge in [0.1, 0.15) is 12.0 Å². The van der Waals surface area contributed by atoms with Crippen LogP contribution in [0.2, 0.25) is 0 Å². The van der Waals surface area contributed by atoms with E-state index in [4.69, 9.17) is 0 Å². The van der Waals surface area contributed by atoms with Crippen LogP contribution in [0.4, 0.5) is 0 Å². The Labute approximate surface area is 54.3 Å². The molecule has 3 heteroatoms. The van der Waals surface area contributed by atoms with Gasteiger partial charge in [-0.2, -0.15) is 0 Å². The molecule has 0 unspecified atom stereocenters. The molecule has 0 spiro atoms. The molecule has 0 aliphatic heterocycles. The number of hydrogen-bond donors (Lipinski definition) is 0. The molecule has 3 nitrogen and oxygen atoms in total. The van der Waals surface area contributed by atoms with E-state index in [1.165, 1.54) is 13.4 Å². The van der Waals surface area contributed by atoms with Gasteiger partial charge in [-0.3, -0.25) is 4.79 Å². The Kier molecular flexibility index (Phi) is 4.59. The topological polar surface area (TPSA) is 35.5 Å². The molecule has 9 heavy (non-hydrogen) atoms. The first-order valence-corrected chi connectivity index (χ1v) is 2.67. The van der Waals surface area contributed by atoms with E-state index in [1.54, 1.807) is 0 Å². The Morgan fingerprint density at radius 2 is 2.33 bits per heavy atom. The molecular formula is C6H10O3. The predicted molar refractivity (Wildman–Crippen MR) is 32.5 cm³/mol. The molecule has 0 aromatic heterocycles. The van der Waals surface area contributed by atoms with Crippen molar-refractivity contribution in [2.75, 3.05) is 7.11 Å². The molecule has 0 amide bonds. The molecule has 0 saturated heterocycles. The van der Waals surface area contributed by atoms with E-state index in [0.717, 1.165) is 0 Å². The Bertz CT molecular complexity index is 107. The minimum absolute atomic E-state index is 0.383. The summed E-state index contributed by atoms with van der Waals surface area (Å²) in [6, 6.07) is 0. The SMILES string of the molecule is CC/C(=C/OC)OC=O. The number of carbonyl (C=O) groups excluding carboxylic acids is 1. The highest BCUT2D eigenvalue weighted by molar-refractivity contribution is 5.39. The molecule has 0 aromatic carbocycles. The van der Waals surface area contributed by atoms with Gasteiger partial charge in [0.15, 0.2) is 0 Å². The molecule has 0 atom stereocenters. The van der Waals surface area contributed by atoms with E-state index < -0.39 is 0 Å². The van der Waals surface area contributed by atoms with E-state index in [9.17, 15) is 4.79 Å². The molecule has 0 N–H and O–H groups in total. The zero-order valence-corrected chi connectivity index (χ0v) is 5.59. The van der Waals surface area contributed by atoms with Gasteiger partial charge < -0.3 is 9.47 Å². The highest BCUT2D eigenvalue weighted by Gasteiger charge is 1.90. The summed E-state index contributed by atoms with van der Waals surface area (Å²) in [7, 11) is 1.50. The third kappa shape index (κ3) is 3.58. The van der Waals surface area contributed by atoms with Crippen molar-refractivity contribution in [3.63, 3.8) is 0 Å². The molecule has 0 bridgehead atoms. The Morgan fingerprint density at radius 3 is 2.67 bits per heavy atom. The lowest BCUT2D eigenvalue weighted by molar-refractivity contribution is -0.125. The smallest absolute Gasteiger partial charge is 0.298 e. The molecular weight excluding hydrogens is 120 g/mol. The van der Waals surface area contributed by atoms with E-state index in [1.807, 2.05) is 6.92 Å². The first-order chi connectivity index (χ1) is 4.35. The fraction of sp³-hybridized carbons (Fsp3) is 0.500. The zero-order valence-electron chi connectivity index (χ0n) is 5.59. The molecule has 0 aliphatic rings. The number of rotatable bonds is 4. The maximum atomic E-state index is 9.73. The second kappa shape index (κ2) is 5.15. The molecule has 0 aliphatic carbocycles. The van der Waals surface area contributed by atoms with Gasteiger partial charge in [0.2, 0.25) is 0 Å². The molecule has 0 aromatic rings. The average molecular weight is 130 g/mol. The predicted octanol–water partition coefficient (Wildman–Crippen LogP) is 1.06. The summed E-state index contributed by atoms with van der Waals surface area (Å²) >= 11 is 0. The molecule has 0 radical (unpaired) electrons. The van der Waals surface area contributed by atoms with Gasteiger partial charge in [-0.15, -0.1) is 0 Å². The van der Waals surface area contributed by atoms with E-state index in [-0.39, 0.29) is 0 Å². The molecule has 0 rings (SSSR count). The van der Waals surface area contributed by atoms with Crippen LogP contribution in [0.25, 0.3) is 0 Å². The van der Waals surface area contributed by atoms with Crippen molar-refractivity contribution >= 4 is 6.47 Å². The Balaban J connectivity index is 3.65. The van der Waals surface area contributed by atoms with Crippen LogP contribution < -0.4 is 0 Å². The maximum absolute atomic E-state index is 9.73. The lowest BCUT2D eigenvalue weighted by Gasteiger charge is -1.97. The number of hydrogen-bond acceptors (Lipinski definition) is 3. The monoisotopic (exact) mass is 130 g/mol. The number of ether oxygens (including phenoxy) is 2. The number of carbonyl (C=O) groups is 1. The van der Waals surface area contributed by atoms with Crippen LogP contribution in [0.3, 0.4) is 0 Å². The third-order valence-corrected chi connectivity index (χ3v) is 0.797. The minimum Gasteiger partial charge on any atom is -0.501 e. The van der Waals surface area contributed by atoms with Crippen LogP contribution in [-0.2, 0) is 14.3 Å². The van der Waals surface area contributed by atoms with Gasteiger partial charge in [0.25, 0.3) is 6.47 Å². The molecule has 0 saturated carbocycles. The summed E-state index contributed by atoms with van der Waals surface area (Å²) in [5.41, 5.74) is 0. The summed E-state index contributed by atoms with van der Waals surface area (Å²) in [5.74, 6) is 0.535. The zero-order chi connectivity index (χ0) is 7.11. The summed E-state index contributed by atoms with van der Waals surface area (Å²) in [4.78, 5) is 9.73. The van der Waals surface area contributed by atoms with Gasteiger partial charge >= 0.3 is 0 Å². The Morgan fingerprint density at radius 1 is 1.67 bits per heavy atom. The third-order valence-electron chi connectivity index (χ3n) is 0.797. The summed E-state index contributed by atoms with van der Waals surface area (Å²) < 4.78 is 9.09. The van der Waals surface area contributed by atoms with Gasteiger partial charge in [-0.05, 0) is 0 Å². The standard InChI is InChI=1S/C6H10O3/c1-3-6(4-8-2)9-5-7/h4-5H,3H2,1-2H3/b6-4-. The van der Waals surface area contributed by atoms with Crippen molar-refractivity contribution in [2.45, 2.75) is 13.3 Å². The van der Waals surface area contributed by atoms with Gasteiger partial charge in [0, 0.05) is 6.42 Å². The maximum Gasteiger partial charge on any atom is 0.298 e. The van der Waals surface area contributed by atoms with E-state index >= 15 is 0 Å². The van der Waals surface area contributed by atoms with Crippen molar-refractivity contribution in [1.29, 1.82) is 0 Å². The quantitative estimate of drug-likeness (QED) is 0.421. The summed E-state index contributed by atoms with van der Waals surface area (Å²) in [5, 5.41) is 0. The highest BCUT2D eigenvalue weighted by atomic mass is 16.5. The van der Waals surface area contributed by atoms with Crippen LogP contribution in [0, 0.1) is 0 Å². The van der Waals surface area contributed by atoms with Crippen LogP contribution in [0.5, 0.6) is 0 Å². The normalized spacial score (nSPS) is 10.7. The van der Waals surface area contributed by atoms with E-state index in [2.05, 4.69) is 9.47 Å². The van der Waals surface area contributed by atoms with E-state index in [0.29, 0.717) is 18.7 Å². The van der Waals surface area contributed by atoms with Crippen molar-refractivity contribution < 1.29 is 14.3 Å². The first kappa shape index (κ1) is 8.01. The van der Waals surface area contributed by atoms with Gasteiger partial charge in [-0.25, -0.2) is 0 Å².